The Balaban J connectivity index is 3.37. The van der Waals surface area contributed by atoms with E-state index in [4.69, 9.17) is 5.26 Å². The molecule has 1 aromatic heterocycles. The van der Waals surface area contributed by atoms with E-state index in [1.54, 1.807) is 6.07 Å². The van der Waals surface area contributed by atoms with Crippen LogP contribution in [-0.2, 0) is 0 Å². The summed E-state index contributed by atoms with van der Waals surface area (Å²) in [5, 5.41) is 18.8. The average Bonchev–Trinajstić information content (AvgIpc) is 2.30. The largest absolute Gasteiger partial charge is 0.358 e. The van der Waals surface area contributed by atoms with Gasteiger partial charge in [-0.25, -0.2) is 4.98 Å². The van der Waals surface area contributed by atoms with Gasteiger partial charge < -0.3 is 10.1 Å². The third-order valence-electron chi connectivity index (χ3n) is 1.16. The SMILES string of the molecule is N#Cc1[nH]c([N+](=O)[O-])c(Br)c1Br. The molecule has 0 saturated carbocycles. The molecule has 0 bridgehead atoms. The Morgan fingerprint density at radius 1 is 1.50 bits per heavy atom. The maximum absolute atomic E-state index is 10.3. The second-order valence-corrected chi connectivity index (χ2v) is 3.43. The van der Waals surface area contributed by atoms with E-state index in [-0.39, 0.29) is 16.0 Å². The number of hydrogen-bond acceptors (Lipinski definition) is 3. The Bertz CT molecular complexity index is 379. The third kappa shape index (κ3) is 1.35. The molecule has 5 nitrogen and oxygen atoms in total. The molecule has 0 saturated heterocycles. The second-order valence-electron chi connectivity index (χ2n) is 1.85. The standard InChI is InChI=1S/C5HBr2N3O2/c6-3-2(1-8)9-5(4(3)7)10(11)12/h9H. The van der Waals surface area contributed by atoms with Gasteiger partial charge in [-0.2, -0.15) is 5.26 Å². The van der Waals surface area contributed by atoms with E-state index in [0.29, 0.717) is 4.47 Å². The van der Waals surface area contributed by atoms with Crippen molar-refractivity contribution in [2.24, 2.45) is 0 Å². The molecule has 0 atom stereocenters. The van der Waals surface area contributed by atoms with Crippen molar-refractivity contribution in [3.8, 4) is 6.07 Å². The van der Waals surface area contributed by atoms with E-state index in [0.717, 1.165) is 0 Å². The van der Waals surface area contributed by atoms with Crippen molar-refractivity contribution in [3.05, 3.63) is 24.8 Å². The minimum Gasteiger partial charge on any atom is -0.358 e. The molecule has 62 valence electrons. The molecule has 0 aromatic carbocycles. The van der Waals surface area contributed by atoms with E-state index < -0.39 is 4.92 Å². The van der Waals surface area contributed by atoms with Gasteiger partial charge in [-0.15, -0.1) is 0 Å². The predicted molar refractivity (Wildman–Crippen MR) is 47.6 cm³/mol. The lowest BCUT2D eigenvalue weighted by Gasteiger charge is -1.88. The first kappa shape index (κ1) is 9.22. The number of halogens is 2. The van der Waals surface area contributed by atoms with Gasteiger partial charge in [-0.1, -0.05) is 0 Å². The van der Waals surface area contributed by atoms with E-state index in [1.807, 2.05) is 0 Å². The van der Waals surface area contributed by atoms with Crippen LogP contribution in [0.2, 0.25) is 0 Å². The summed E-state index contributed by atoms with van der Waals surface area (Å²) in [7, 11) is 0. The molecular formula is C5HBr2N3O2. The third-order valence-corrected chi connectivity index (χ3v) is 3.26. The van der Waals surface area contributed by atoms with Crippen LogP contribution in [0.3, 0.4) is 0 Å². The lowest BCUT2D eigenvalue weighted by molar-refractivity contribution is -0.390. The van der Waals surface area contributed by atoms with Gasteiger partial charge in [0.05, 0.1) is 4.47 Å². The van der Waals surface area contributed by atoms with Gasteiger partial charge >= 0.3 is 5.82 Å². The lowest BCUT2D eigenvalue weighted by Crippen LogP contribution is -1.88. The highest BCUT2D eigenvalue weighted by Gasteiger charge is 2.21. The number of H-pyrrole nitrogens is 1. The Hall–Kier alpha value is -0.870. The molecule has 0 unspecified atom stereocenters. The van der Waals surface area contributed by atoms with Crippen molar-refractivity contribution < 1.29 is 4.92 Å². The van der Waals surface area contributed by atoms with Crippen molar-refractivity contribution in [2.75, 3.05) is 0 Å². The summed E-state index contributed by atoms with van der Waals surface area (Å²) in [6.07, 6.45) is 0. The highest BCUT2D eigenvalue weighted by Crippen LogP contribution is 2.34. The summed E-state index contributed by atoms with van der Waals surface area (Å²) in [6.45, 7) is 0. The molecule has 0 aliphatic heterocycles. The summed E-state index contributed by atoms with van der Waals surface area (Å²) in [6, 6.07) is 1.77. The lowest BCUT2D eigenvalue weighted by atomic mass is 10.5. The molecule has 7 heteroatoms. The maximum atomic E-state index is 10.3. The van der Waals surface area contributed by atoms with E-state index >= 15 is 0 Å². The fraction of sp³-hybridized carbons (Fsp3) is 0. The Morgan fingerprint density at radius 3 is 2.33 bits per heavy atom. The van der Waals surface area contributed by atoms with Crippen molar-refractivity contribution in [1.29, 1.82) is 5.26 Å². The summed E-state index contributed by atoms with van der Waals surface area (Å²) in [5.41, 5.74) is 0.133. The highest BCUT2D eigenvalue weighted by atomic mass is 79.9. The molecule has 0 fully saturated rings. The Morgan fingerprint density at radius 2 is 2.08 bits per heavy atom. The van der Waals surface area contributed by atoms with Crippen LogP contribution in [0, 0.1) is 21.4 Å². The average molecular weight is 295 g/mol. The monoisotopic (exact) mass is 293 g/mol. The fourth-order valence-electron chi connectivity index (χ4n) is 0.645. The summed E-state index contributed by atoms with van der Waals surface area (Å²) in [5.74, 6) is -0.224. The van der Waals surface area contributed by atoms with Crippen LogP contribution in [0.1, 0.15) is 5.69 Å². The molecule has 0 aliphatic carbocycles. The first-order valence-electron chi connectivity index (χ1n) is 2.69. The number of nitrogens with zero attached hydrogens (tertiary/aromatic N) is 2. The van der Waals surface area contributed by atoms with Crippen LogP contribution in [0.25, 0.3) is 0 Å². The van der Waals surface area contributed by atoms with Gasteiger partial charge in [0.15, 0.2) is 0 Å². The van der Waals surface area contributed by atoms with Crippen molar-refractivity contribution in [3.63, 3.8) is 0 Å². The molecule has 0 amide bonds. The Kier molecular flexibility index (Phi) is 2.49. The minimum atomic E-state index is -0.602. The molecular weight excluding hydrogens is 294 g/mol. The van der Waals surface area contributed by atoms with Gasteiger partial charge in [-0.3, -0.25) is 0 Å². The topological polar surface area (TPSA) is 82.7 Å². The number of rotatable bonds is 1. The molecule has 12 heavy (non-hydrogen) atoms. The molecule has 0 spiro atoms. The molecule has 0 aliphatic rings. The van der Waals surface area contributed by atoms with Crippen LogP contribution < -0.4 is 0 Å². The predicted octanol–water partition coefficient (Wildman–Crippen LogP) is 2.32. The van der Waals surface area contributed by atoms with Crippen LogP contribution in [0.5, 0.6) is 0 Å². The van der Waals surface area contributed by atoms with Gasteiger partial charge in [0, 0.05) is 0 Å². The molecule has 0 radical (unpaired) electrons. The normalized spacial score (nSPS) is 9.42. The van der Waals surface area contributed by atoms with Crippen molar-refractivity contribution in [2.45, 2.75) is 0 Å². The molecule has 1 N–H and O–H groups in total. The van der Waals surface area contributed by atoms with E-state index in [9.17, 15) is 10.1 Å². The molecule has 1 rings (SSSR count). The van der Waals surface area contributed by atoms with Crippen LogP contribution >= 0.6 is 31.9 Å². The van der Waals surface area contributed by atoms with Crippen LogP contribution in [-0.4, -0.2) is 9.91 Å². The number of aromatic amines is 1. The van der Waals surface area contributed by atoms with Gasteiger partial charge in [0.2, 0.25) is 5.69 Å². The minimum absolute atomic E-state index is 0.133. The molecule has 1 heterocycles. The number of nitrogens with one attached hydrogen (secondary N) is 1. The fourth-order valence-corrected chi connectivity index (χ4v) is 1.46. The quantitative estimate of drug-likeness (QED) is 0.637. The zero-order valence-electron chi connectivity index (χ0n) is 5.47. The summed E-state index contributed by atoms with van der Waals surface area (Å²) in [4.78, 5) is 12.1. The maximum Gasteiger partial charge on any atom is 0.337 e. The zero-order valence-corrected chi connectivity index (χ0v) is 8.64. The van der Waals surface area contributed by atoms with Gasteiger partial charge in [0.25, 0.3) is 0 Å². The Labute approximate surface area is 83.8 Å². The van der Waals surface area contributed by atoms with Crippen LogP contribution in [0.15, 0.2) is 8.95 Å². The molecule has 1 aromatic rings. The number of nitriles is 1. The number of aromatic nitrogens is 1. The number of nitro groups is 1. The smallest absolute Gasteiger partial charge is 0.337 e. The van der Waals surface area contributed by atoms with Gasteiger partial charge in [-0.05, 0) is 36.8 Å². The van der Waals surface area contributed by atoms with Crippen LogP contribution in [0.4, 0.5) is 5.82 Å². The first-order valence-corrected chi connectivity index (χ1v) is 4.28. The number of hydrogen-bond donors (Lipinski definition) is 1. The van der Waals surface area contributed by atoms with E-state index in [2.05, 4.69) is 36.8 Å². The first-order chi connectivity index (χ1) is 5.57. The summed E-state index contributed by atoms with van der Waals surface area (Å²) < 4.78 is 0.626. The second kappa shape index (κ2) is 3.25. The highest BCUT2D eigenvalue weighted by molar-refractivity contribution is 9.13. The van der Waals surface area contributed by atoms with Crippen molar-refractivity contribution in [1.82, 2.24) is 4.98 Å². The van der Waals surface area contributed by atoms with Gasteiger partial charge in [0.1, 0.15) is 10.5 Å². The van der Waals surface area contributed by atoms with E-state index in [1.165, 1.54) is 0 Å². The summed E-state index contributed by atoms with van der Waals surface area (Å²) >= 11 is 6.00. The zero-order chi connectivity index (χ0) is 9.30. The van der Waals surface area contributed by atoms with Crippen molar-refractivity contribution >= 4 is 37.7 Å².